The third kappa shape index (κ3) is 1.73. The van der Waals surface area contributed by atoms with E-state index in [0.29, 0.717) is 17.6 Å². The second kappa shape index (κ2) is 4.24. The molecule has 0 amide bonds. The van der Waals surface area contributed by atoms with Crippen molar-refractivity contribution in [2.45, 2.75) is 50.5 Å². The maximum absolute atomic E-state index is 10.1. The molecule has 0 saturated heterocycles. The molecule has 2 N–H and O–H groups in total. The molecule has 2 saturated carbocycles. The molecule has 0 aromatic heterocycles. The van der Waals surface area contributed by atoms with Crippen LogP contribution in [0.15, 0.2) is 18.2 Å². The highest BCUT2D eigenvalue weighted by Crippen LogP contribution is 2.55. The first-order valence-electron chi connectivity index (χ1n) is 7.74. The Hall–Kier alpha value is -1.02. The van der Waals surface area contributed by atoms with Gasteiger partial charge in [0.05, 0.1) is 6.10 Å². The van der Waals surface area contributed by atoms with E-state index in [1.165, 1.54) is 36.8 Å². The molecule has 0 aliphatic heterocycles. The van der Waals surface area contributed by atoms with E-state index in [9.17, 15) is 10.2 Å². The number of phenolic OH excluding ortho intramolecular Hbond substituents is 1. The predicted octanol–water partition coefficient (Wildman–Crippen LogP) is 3.22. The van der Waals surface area contributed by atoms with Gasteiger partial charge in [-0.25, -0.2) is 0 Å². The molecule has 3 aliphatic carbocycles. The Kier molecular flexibility index (Phi) is 2.63. The number of phenols is 1. The molecule has 3 aliphatic rings. The minimum absolute atomic E-state index is 0.0350. The van der Waals surface area contributed by atoms with Gasteiger partial charge in [0.25, 0.3) is 0 Å². The van der Waals surface area contributed by atoms with E-state index in [4.69, 9.17) is 0 Å². The Morgan fingerprint density at radius 3 is 2.63 bits per heavy atom. The summed E-state index contributed by atoms with van der Waals surface area (Å²) >= 11 is 0. The predicted molar refractivity (Wildman–Crippen MR) is 74.1 cm³/mol. The van der Waals surface area contributed by atoms with Crippen LogP contribution >= 0.6 is 0 Å². The van der Waals surface area contributed by atoms with Crippen molar-refractivity contribution in [3.8, 4) is 5.75 Å². The average Bonchev–Trinajstić information content (AvgIpc) is 2.80. The molecule has 0 spiro atoms. The number of aryl methyl sites for hydroxylation is 1. The van der Waals surface area contributed by atoms with Crippen molar-refractivity contribution < 1.29 is 10.2 Å². The zero-order chi connectivity index (χ0) is 13.0. The lowest BCUT2D eigenvalue weighted by atomic mass is 9.61. The van der Waals surface area contributed by atoms with Crippen molar-refractivity contribution in [3.05, 3.63) is 29.3 Å². The number of aliphatic hydroxyl groups is 1. The zero-order valence-corrected chi connectivity index (χ0v) is 11.3. The van der Waals surface area contributed by atoms with Crippen molar-refractivity contribution in [1.29, 1.82) is 0 Å². The van der Waals surface area contributed by atoms with Crippen LogP contribution in [0.5, 0.6) is 5.75 Å². The van der Waals surface area contributed by atoms with Gasteiger partial charge in [-0.15, -0.1) is 0 Å². The average molecular weight is 258 g/mol. The lowest BCUT2D eigenvalue weighted by Gasteiger charge is -2.44. The molecular weight excluding hydrogens is 236 g/mol. The van der Waals surface area contributed by atoms with Crippen molar-refractivity contribution in [3.63, 3.8) is 0 Å². The lowest BCUT2D eigenvalue weighted by molar-refractivity contribution is 0.0566. The van der Waals surface area contributed by atoms with E-state index in [1.54, 1.807) is 0 Å². The fourth-order valence-electron chi connectivity index (χ4n) is 5.19. The third-order valence-corrected chi connectivity index (χ3v) is 5.99. The number of hydrogen-bond donors (Lipinski definition) is 2. The van der Waals surface area contributed by atoms with Crippen molar-refractivity contribution in [2.75, 3.05) is 0 Å². The standard InChI is InChI=1S/C17H22O2/c18-11-2-4-12-10(9-11)1-3-14-13(12)5-6-16-15(14)7-8-17(16)19/h2,4,9,13-19H,1,3,5-8H2/t13-,14-,15+,16?,17+/m1/s1. The summed E-state index contributed by atoms with van der Waals surface area (Å²) < 4.78 is 0. The van der Waals surface area contributed by atoms with Crippen LogP contribution in [0.1, 0.15) is 49.1 Å². The number of aromatic hydroxyl groups is 1. The molecule has 0 radical (unpaired) electrons. The van der Waals surface area contributed by atoms with Crippen LogP contribution in [0.2, 0.25) is 0 Å². The first-order valence-corrected chi connectivity index (χ1v) is 7.74. The van der Waals surface area contributed by atoms with E-state index in [0.717, 1.165) is 24.7 Å². The summed E-state index contributed by atoms with van der Waals surface area (Å²) in [6.07, 6.45) is 6.96. The fourth-order valence-corrected chi connectivity index (χ4v) is 5.19. The second-order valence-electron chi connectivity index (χ2n) is 6.74. The first-order chi connectivity index (χ1) is 9.24. The minimum Gasteiger partial charge on any atom is -0.508 e. The molecule has 2 heteroatoms. The first kappa shape index (κ1) is 11.8. The van der Waals surface area contributed by atoms with Crippen molar-refractivity contribution >= 4 is 0 Å². The van der Waals surface area contributed by atoms with Crippen LogP contribution in [0.25, 0.3) is 0 Å². The van der Waals surface area contributed by atoms with Gasteiger partial charge >= 0.3 is 0 Å². The van der Waals surface area contributed by atoms with E-state index < -0.39 is 0 Å². The van der Waals surface area contributed by atoms with Crippen LogP contribution in [0, 0.1) is 17.8 Å². The highest BCUT2D eigenvalue weighted by Gasteiger charge is 2.47. The van der Waals surface area contributed by atoms with E-state index in [-0.39, 0.29) is 6.10 Å². The summed E-state index contributed by atoms with van der Waals surface area (Å²) in [5, 5.41) is 19.7. The van der Waals surface area contributed by atoms with Gasteiger partial charge < -0.3 is 10.2 Å². The number of rotatable bonds is 0. The number of aliphatic hydroxyl groups excluding tert-OH is 1. The Balaban J connectivity index is 1.68. The van der Waals surface area contributed by atoms with Gasteiger partial charge in [-0.1, -0.05) is 6.07 Å². The van der Waals surface area contributed by atoms with E-state index in [1.807, 2.05) is 12.1 Å². The second-order valence-corrected chi connectivity index (χ2v) is 6.74. The van der Waals surface area contributed by atoms with Crippen LogP contribution in [-0.2, 0) is 6.42 Å². The highest BCUT2D eigenvalue weighted by atomic mass is 16.3. The molecular formula is C17H22O2. The summed E-state index contributed by atoms with van der Waals surface area (Å²) in [7, 11) is 0. The van der Waals surface area contributed by atoms with Crippen LogP contribution < -0.4 is 0 Å². The maximum atomic E-state index is 10.1. The molecule has 5 atom stereocenters. The van der Waals surface area contributed by atoms with E-state index >= 15 is 0 Å². The number of benzene rings is 1. The molecule has 2 fully saturated rings. The summed E-state index contributed by atoms with van der Waals surface area (Å²) in [5.41, 5.74) is 2.84. The summed E-state index contributed by atoms with van der Waals surface area (Å²) in [6, 6.07) is 5.95. The summed E-state index contributed by atoms with van der Waals surface area (Å²) in [4.78, 5) is 0. The number of hydrogen-bond acceptors (Lipinski definition) is 2. The largest absolute Gasteiger partial charge is 0.508 e. The van der Waals surface area contributed by atoms with Gasteiger partial charge in [0, 0.05) is 0 Å². The quantitative estimate of drug-likeness (QED) is 0.750. The third-order valence-electron chi connectivity index (χ3n) is 5.99. The molecule has 1 aromatic rings. The maximum Gasteiger partial charge on any atom is 0.115 e. The normalized spacial score (nSPS) is 40.4. The minimum atomic E-state index is -0.0350. The van der Waals surface area contributed by atoms with Gasteiger partial charge in [0.1, 0.15) is 5.75 Å². The topological polar surface area (TPSA) is 40.5 Å². The Morgan fingerprint density at radius 1 is 0.895 bits per heavy atom. The van der Waals surface area contributed by atoms with Gasteiger partial charge in [-0.05, 0) is 85.5 Å². The van der Waals surface area contributed by atoms with Crippen molar-refractivity contribution in [2.24, 2.45) is 17.8 Å². The SMILES string of the molecule is Oc1ccc2c(c1)CC[C@@H]1[C@@H]2CCC2[C@H]1CC[C@@H]2O. The lowest BCUT2D eigenvalue weighted by Crippen LogP contribution is -2.36. The fraction of sp³-hybridized carbons (Fsp3) is 0.647. The van der Waals surface area contributed by atoms with Gasteiger partial charge in [-0.3, -0.25) is 0 Å². The molecule has 0 heterocycles. The molecule has 1 aromatic carbocycles. The number of fused-ring (bicyclic) bond motifs is 5. The molecule has 0 bridgehead atoms. The molecule has 102 valence electrons. The van der Waals surface area contributed by atoms with Crippen LogP contribution in [0.4, 0.5) is 0 Å². The van der Waals surface area contributed by atoms with Crippen LogP contribution in [-0.4, -0.2) is 16.3 Å². The zero-order valence-electron chi connectivity index (χ0n) is 11.3. The van der Waals surface area contributed by atoms with Gasteiger partial charge in [0.2, 0.25) is 0 Å². The summed E-state index contributed by atoms with van der Waals surface area (Å²) in [5.74, 6) is 3.17. The molecule has 1 unspecified atom stereocenters. The Morgan fingerprint density at radius 2 is 1.74 bits per heavy atom. The smallest absolute Gasteiger partial charge is 0.115 e. The molecule has 19 heavy (non-hydrogen) atoms. The van der Waals surface area contributed by atoms with Gasteiger partial charge in [-0.2, -0.15) is 0 Å². The summed E-state index contributed by atoms with van der Waals surface area (Å²) in [6.45, 7) is 0. The Labute approximate surface area is 114 Å². The van der Waals surface area contributed by atoms with E-state index in [2.05, 4.69) is 6.07 Å². The molecule has 4 rings (SSSR count). The van der Waals surface area contributed by atoms with Crippen molar-refractivity contribution in [1.82, 2.24) is 0 Å². The monoisotopic (exact) mass is 258 g/mol. The Bertz CT molecular complexity index is 496. The highest BCUT2D eigenvalue weighted by molar-refractivity contribution is 5.39. The molecule has 2 nitrogen and oxygen atoms in total. The van der Waals surface area contributed by atoms with Gasteiger partial charge in [0.15, 0.2) is 0 Å². The van der Waals surface area contributed by atoms with Crippen LogP contribution in [0.3, 0.4) is 0 Å².